The lowest BCUT2D eigenvalue weighted by Gasteiger charge is -2.15. The van der Waals surface area contributed by atoms with E-state index >= 15 is 0 Å². The summed E-state index contributed by atoms with van der Waals surface area (Å²) in [7, 11) is 0. The van der Waals surface area contributed by atoms with Crippen LogP contribution in [0, 0.1) is 0 Å². The van der Waals surface area contributed by atoms with Gasteiger partial charge in [0.2, 0.25) is 0 Å². The monoisotopic (exact) mass is 277 g/mol. The fourth-order valence-electron chi connectivity index (χ4n) is 3.41. The van der Waals surface area contributed by atoms with Crippen LogP contribution < -0.4 is 0 Å². The van der Waals surface area contributed by atoms with Gasteiger partial charge in [0, 0.05) is 42.6 Å². The molecule has 0 spiro atoms. The Bertz CT molecular complexity index is 732. The van der Waals surface area contributed by atoms with Crippen molar-refractivity contribution in [3.63, 3.8) is 0 Å². The third kappa shape index (κ3) is 2.45. The molecule has 0 radical (unpaired) electrons. The topological polar surface area (TPSA) is 31.9 Å². The van der Waals surface area contributed by atoms with Gasteiger partial charge in [-0.05, 0) is 42.1 Å². The molecule has 1 aliphatic rings. The first kappa shape index (κ1) is 12.6. The number of hydrogen-bond acceptors (Lipinski definition) is 2. The van der Waals surface area contributed by atoms with Gasteiger partial charge in [-0.3, -0.25) is 9.88 Å². The minimum absolute atomic E-state index is 0.637. The summed E-state index contributed by atoms with van der Waals surface area (Å²) >= 11 is 0. The maximum Gasteiger partial charge on any atom is 0.0456 e. The number of benzene rings is 1. The van der Waals surface area contributed by atoms with E-state index in [1.165, 1.54) is 35.0 Å². The summed E-state index contributed by atoms with van der Waals surface area (Å²) in [4.78, 5) is 10.1. The van der Waals surface area contributed by atoms with E-state index in [1.807, 2.05) is 18.5 Å². The highest BCUT2D eigenvalue weighted by Crippen LogP contribution is 2.32. The first-order valence-corrected chi connectivity index (χ1v) is 7.57. The number of aromatic amines is 1. The third-order valence-electron chi connectivity index (χ3n) is 4.46. The third-order valence-corrected chi connectivity index (χ3v) is 4.46. The molecule has 0 aliphatic carbocycles. The molecular weight excluding hydrogens is 258 g/mol. The van der Waals surface area contributed by atoms with Crippen molar-refractivity contribution < 1.29 is 0 Å². The Labute approximate surface area is 124 Å². The van der Waals surface area contributed by atoms with Gasteiger partial charge >= 0.3 is 0 Å². The molecule has 1 N–H and O–H groups in total. The summed E-state index contributed by atoms with van der Waals surface area (Å²) < 4.78 is 0. The number of H-pyrrole nitrogens is 1. The van der Waals surface area contributed by atoms with Gasteiger partial charge in [0.1, 0.15) is 0 Å². The van der Waals surface area contributed by atoms with Gasteiger partial charge in [0.15, 0.2) is 0 Å². The minimum Gasteiger partial charge on any atom is -0.361 e. The van der Waals surface area contributed by atoms with Crippen LogP contribution in [0.15, 0.2) is 55.0 Å². The van der Waals surface area contributed by atoms with Crippen molar-refractivity contribution in [1.29, 1.82) is 0 Å². The molecule has 3 nitrogen and oxygen atoms in total. The van der Waals surface area contributed by atoms with Crippen LogP contribution in [0.3, 0.4) is 0 Å². The lowest BCUT2D eigenvalue weighted by atomic mass is 9.98. The summed E-state index contributed by atoms with van der Waals surface area (Å²) in [5.41, 5.74) is 4.02. The number of para-hydroxylation sites is 1. The maximum absolute atomic E-state index is 4.20. The molecule has 3 aromatic rings. The molecule has 0 saturated carbocycles. The number of nitrogens with one attached hydrogen (secondary N) is 1. The molecule has 1 saturated heterocycles. The van der Waals surface area contributed by atoms with Crippen LogP contribution in [0.5, 0.6) is 0 Å². The van der Waals surface area contributed by atoms with E-state index in [9.17, 15) is 0 Å². The Hall–Kier alpha value is -2.13. The van der Waals surface area contributed by atoms with E-state index in [0.717, 1.165) is 13.1 Å². The predicted octanol–water partition coefficient (Wildman–Crippen LogP) is 3.55. The summed E-state index contributed by atoms with van der Waals surface area (Å²) in [6, 6.07) is 12.8. The van der Waals surface area contributed by atoms with E-state index in [1.54, 1.807) is 0 Å². The van der Waals surface area contributed by atoms with Gasteiger partial charge in [-0.25, -0.2) is 0 Å². The second-order valence-corrected chi connectivity index (χ2v) is 5.87. The molecule has 1 aliphatic heterocycles. The molecule has 3 heteroatoms. The fraction of sp³-hybridized carbons (Fsp3) is 0.278. The smallest absolute Gasteiger partial charge is 0.0456 e. The van der Waals surface area contributed by atoms with Crippen LogP contribution in [0.2, 0.25) is 0 Å². The molecule has 1 fully saturated rings. The molecule has 0 bridgehead atoms. The Morgan fingerprint density at radius 3 is 3.05 bits per heavy atom. The zero-order valence-electron chi connectivity index (χ0n) is 12.0. The van der Waals surface area contributed by atoms with Crippen molar-refractivity contribution in [2.45, 2.75) is 18.9 Å². The Balaban J connectivity index is 1.51. The van der Waals surface area contributed by atoms with Gasteiger partial charge in [-0.2, -0.15) is 0 Å². The Morgan fingerprint density at radius 1 is 1.19 bits per heavy atom. The molecule has 3 heterocycles. The van der Waals surface area contributed by atoms with Gasteiger partial charge < -0.3 is 4.98 Å². The number of fused-ring (bicyclic) bond motifs is 1. The summed E-state index contributed by atoms with van der Waals surface area (Å²) in [5, 5.41) is 1.38. The number of likely N-dealkylation sites (tertiary alicyclic amines) is 1. The van der Waals surface area contributed by atoms with E-state index in [4.69, 9.17) is 0 Å². The van der Waals surface area contributed by atoms with Crippen molar-refractivity contribution >= 4 is 10.9 Å². The molecule has 21 heavy (non-hydrogen) atoms. The largest absolute Gasteiger partial charge is 0.361 e. The first-order chi connectivity index (χ1) is 10.4. The molecule has 4 rings (SSSR count). The lowest BCUT2D eigenvalue weighted by molar-refractivity contribution is 0.326. The highest BCUT2D eigenvalue weighted by Gasteiger charge is 2.25. The maximum atomic E-state index is 4.20. The summed E-state index contributed by atoms with van der Waals surface area (Å²) in [5.74, 6) is 0.637. The molecule has 0 amide bonds. The molecule has 1 aromatic carbocycles. The van der Waals surface area contributed by atoms with Gasteiger partial charge in [0.05, 0.1) is 0 Å². The van der Waals surface area contributed by atoms with Crippen LogP contribution in [-0.4, -0.2) is 28.0 Å². The highest BCUT2D eigenvalue weighted by molar-refractivity contribution is 5.83. The van der Waals surface area contributed by atoms with Crippen LogP contribution in [-0.2, 0) is 6.54 Å². The van der Waals surface area contributed by atoms with E-state index in [0.29, 0.717) is 5.92 Å². The first-order valence-electron chi connectivity index (χ1n) is 7.57. The average Bonchev–Trinajstić information content (AvgIpc) is 3.14. The number of hydrogen-bond donors (Lipinski definition) is 1. The summed E-state index contributed by atoms with van der Waals surface area (Å²) in [6.45, 7) is 3.31. The second kappa shape index (κ2) is 5.34. The zero-order valence-corrected chi connectivity index (χ0v) is 12.0. The molecule has 0 unspecified atom stereocenters. The standard InChI is InChI=1S/C18H19N3/c1-2-6-18-16(5-1)17(11-20-18)15-7-9-21(13-15)12-14-4-3-8-19-10-14/h1-6,8,10-11,15,20H,7,9,12-13H2/t15-/m0/s1. The van der Waals surface area contributed by atoms with Gasteiger partial charge in [-0.1, -0.05) is 24.3 Å². The Morgan fingerprint density at radius 2 is 2.14 bits per heavy atom. The van der Waals surface area contributed by atoms with Gasteiger partial charge in [-0.15, -0.1) is 0 Å². The van der Waals surface area contributed by atoms with Gasteiger partial charge in [0.25, 0.3) is 0 Å². The molecule has 1 atom stereocenters. The van der Waals surface area contributed by atoms with Crippen molar-refractivity contribution in [3.05, 3.63) is 66.1 Å². The van der Waals surface area contributed by atoms with Crippen LogP contribution in [0.4, 0.5) is 0 Å². The van der Waals surface area contributed by atoms with E-state index in [2.05, 4.69) is 51.4 Å². The van der Waals surface area contributed by atoms with Crippen molar-refractivity contribution in [1.82, 2.24) is 14.9 Å². The van der Waals surface area contributed by atoms with Crippen molar-refractivity contribution in [2.24, 2.45) is 0 Å². The normalized spacial score (nSPS) is 19.3. The van der Waals surface area contributed by atoms with Crippen LogP contribution in [0.1, 0.15) is 23.5 Å². The van der Waals surface area contributed by atoms with E-state index in [-0.39, 0.29) is 0 Å². The van der Waals surface area contributed by atoms with E-state index < -0.39 is 0 Å². The number of aromatic nitrogens is 2. The van der Waals surface area contributed by atoms with Crippen LogP contribution >= 0.6 is 0 Å². The SMILES string of the molecule is c1cncc(CN2CC[C@H](c3c[nH]c4ccccc34)C2)c1. The predicted molar refractivity (Wildman–Crippen MR) is 85.2 cm³/mol. The minimum atomic E-state index is 0.637. The second-order valence-electron chi connectivity index (χ2n) is 5.87. The lowest BCUT2D eigenvalue weighted by Crippen LogP contribution is -2.19. The molecular formula is C18H19N3. The average molecular weight is 277 g/mol. The number of nitrogens with zero attached hydrogens (tertiary/aromatic N) is 2. The van der Waals surface area contributed by atoms with Crippen molar-refractivity contribution in [2.75, 3.05) is 13.1 Å². The number of pyridine rings is 1. The van der Waals surface area contributed by atoms with Crippen molar-refractivity contribution in [3.8, 4) is 0 Å². The summed E-state index contributed by atoms with van der Waals surface area (Å²) in [6.07, 6.45) is 7.24. The number of rotatable bonds is 3. The highest BCUT2D eigenvalue weighted by atomic mass is 15.1. The zero-order chi connectivity index (χ0) is 14.1. The molecule has 106 valence electrons. The quantitative estimate of drug-likeness (QED) is 0.794. The fourth-order valence-corrected chi connectivity index (χ4v) is 3.41. The van der Waals surface area contributed by atoms with Crippen LogP contribution in [0.25, 0.3) is 10.9 Å². The molecule has 2 aromatic heterocycles. The Kier molecular flexibility index (Phi) is 3.20.